The molecule has 0 amide bonds. The SMILES string of the molecule is Cc1nc2ccc(NC(C)c3ccc(Br)cc3Br)cc2[nH]1. The molecule has 1 aromatic heterocycles. The third kappa shape index (κ3) is 3.14. The van der Waals surface area contributed by atoms with Crippen LogP contribution in [0.2, 0.25) is 0 Å². The highest BCUT2D eigenvalue weighted by Crippen LogP contribution is 2.29. The number of nitrogens with one attached hydrogen (secondary N) is 2. The van der Waals surface area contributed by atoms with Crippen molar-refractivity contribution in [2.75, 3.05) is 5.32 Å². The fraction of sp³-hybridized carbons (Fsp3) is 0.188. The first-order valence-electron chi connectivity index (χ1n) is 6.71. The number of H-pyrrole nitrogens is 1. The molecule has 1 atom stereocenters. The van der Waals surface area contributed by atoms with Crippen molar-refractivity contribution in [1.29, 1.82) is 0 Å². The normalized spacial score (nSPS) is 12.6. The highest BCUT2D eigenvalue weighted by molar-refractivity contribution is 9.11. The van der Waals surface area contributed by atoms with E-state index in [1.807, 2.05) is 13.0 Å². The minimum atomic E-state index is 0.203. The second-order valence-electron chi connectivity index (χ2n) is 5.09. The average Bonchev–Trinajstić information content (AvgIpc) is 2.77. The van der Waals surface area contributed by atoms with Gasteiger partial charge in [0.05, 0.1) is 11.0 Å². The van der Waals surface area contributed by atoms with Crippen LogP contribution in [0.4, 0.5) is 5.69 Å². The molecule has 21 heavy (non-hydrogen) atoms. The van der Waals surface area contributed by atoms with Gasteiger partial charge >= 0.3 is 0 Å². The number of aromatic amines is 1. The number of rotatable bonds is 3. The zero-order valence-electron chi connectivity index (χ0n) is 11.7. The summed E-state index contributed by atoms with van der Waals surface area (Å²) in [5.41, 5.74) is 4.35. The second-order valence-corrected chi connectivity index (χ2v) is 6.86. The Morgan fingerprint density at radius 3 is 2.71 bits per heavy atom. The van der Waals surface area contributed by atoms with E-state index in [1.165, 1.54) is 5.56 Å². The summed E-state index contributed by atoms with van der Waals surface area (Å²) in [4.78, 5) is 7.68. The maximum atomic E-state index is 4.42. The Balaban J connectivity index is 1.86. The Labute approximate surface area is 140 Å². The molecule has 3 aromatic rings. The molecule has 2 aromatic carbocycles. The topological polar surface area (TPSA) is 40.7 Å². The first-order chi connectivity index (χ1) is 10.0. The van der Waals surface area contributed by atoms with Crippen molar-refractivity contribution in [3.05, 3.63) is 56.7 Å². The van der Waals surface area contributed by atoms with Gasteiger partial charge in [-0.2, -0.15) is 0 Å². The largest absolute Gasteiger partial charge is 0.378 e. The Bertz CT molecular complexity index is 795. The summed E-state index contributed by atoms with van der Waals surface area (Å²) in [6.07, 6.45) is 0. The summed E-state index contributed by atoms with van der Waals surface area (Å²) >= 11 is 7.10. The Kier molecular flexibility index (Phi) is 4.04. The van der Waals surface area contributed by atoms with Gasteiger partial charge in [0.2, 0.25) is 0 Å². The van der Waals surface area contributed by atoms with Gasteiger partial charge in [0.15, 0.2) is 0 Å². The lowest BCUT2D eigenvalue weighted by Gasteiger charge is -2.17. The molecular formula is C16H15Br2N3. The van der Waals surface area contributed by atoms with Gasteiger partial charge in [-0.15, -0.1) is 0 Å². The average molecular weight is 409 g/mol. The minimum absolute atomic E-state index is 0.203. The summed E-state index contributed by atoms with van der Waals surface area (Å²) in [6.45, 7) is 4.12. The van der Waals surface area contributed by atoms with Crippen LogP contribution in [-0.4, -0.2) is 9.97 Å². The van der Waals surface area contributed by atoms with Gasteiger partial charge in [0.25, 0.3) is 0 Å². The predicted molar refractivity (Wildman–Crippen MR) is 94.7 cm³/mol. The first-order valence-corrected chi connectivity index (χ1v) is 8.29. The van der Waals surface area contributed by atoms with Crippen LogP contribution >= 0.6 is 31.9 Å². The molecule has 0 bridgehead atoms. The van der Waals surface area contributed by atoms with E-state index in [1.54, 1.807) is 0 Å². The van der Waals surface area contributed by atoms with E-state index in [0.717, 1.165) is 31.5 Å². The van der Waals surface area contributed by atoms with Gasteiger partial charge in [-0.1, -0.05) is 37.9 Å². The van der Waals surface area contributed by atoms with Gasteiger partial charge in [-0.3, -0.25) is 0 Å². The predicted octanol–water partition coefficient (Wildman–Crippen LogP) is 5.57. The third-order valence-corrected chi connectivity index (χ3v) is 4.59. The molecule has 0 spiro atoms. The van der Waals surface area contributed by atoms with Crippen LogP contribution in [-0.2, 0) is 0 Å². The van der Waals surface area contributed by atoms with Crippen LogP contribution in [0.15, 0.2) is 45.3 Å². The molecule has 3 nitrogen and oxygen atoms in total. The van der Waals surface area contributed by atoms with E-state index in [2.05, 4.69) is 84.4 Å². The van der Waals surface area contributed by atoms with E-state index < -0.39 is 0 Å². The van der Waals surface area contributed by atoms with Gasteiger partial charge in [-0.05, 0) is 49.7 Å². The molecule has 5 heteroatoms. The number of halogens is 2. The molecule has 0 aliphatic carbocycles. The number of anilines is 1. The summed E-state index contributed by atoms with van der Waals surface area (Å²) in [6, 6.07) is 12.6. The summed E-state index contributed by atoms with van der Waals surface area (Å²) in [5.74, 6) is 0.936. The Morgan fingerprint density at radius 1 is 1.14 bits per heavy atom. The number of imidazole rings is 1. The van der Waals surface area contributed by atoms with Crippen molar-refractivity contribution in [1.82, 2.24) is 9.97 Å². The number of hydrogen-bond acceptors (Lipinski definition) is 2. The van der Waals surface area contributed by atoms with Gasteiger partial charge in [-0.25, -0.2) is 4.98 Å². The number of nitrogens with zero attached hydrogens (tertiary/aromatic N) is 1. The number of fused-ring (bicyclic) bond motifs is 1. The number of aryl methyl sites for hydroxylation is 1. The lowest BCUT2D eigenvalue weighted by Crippen LogP contribution is -2.07. The molecule has 1 unspecified atom stereocenters. The molecule has 0 fully saturated rings. The van der Waals surface area contributed by atoms with E-state index in [-0.39, 0.29) is 6.04 Å². The summed E-state index contributed by atoms with van der Waals surface area (Å²) < 4.78 is 2.16. The number of aromatic nitrogens is 2. The van der Waals surface area contributed by atoms with Crippen LogP contribution < -0.4 is 5.32 Å². The van der Waals surface area contributed by atoms with Gasteiger partial charge in [0, 0.05) is 20.7 Å². The van der Waals surface area contributed by atoms with E-state index in [9.17, 15) is 0 Å². The Hall–Kier alpha value is -1.33. The monoisotopic (exact) mass is 407 g/mol. The highest BCUT2D eigenvalue weighted by Gasteiger charge is 2.10. The Morgan fingerprint density at radius 2 is 1.95 bits per heavy atom. The zero-order chi connectivity index (χ0) is 15.0. The van der Waals surface area contributed by atoms with Crippen molar-refractivity contribution in [3.63, 3.8) is 0 Å². The number of hydrogen-bond donors (Lipinski definition) is 2. The standard InChI is InChI=1S/C16H15Br2N3/c1-9(13-5-3-11(17)7-14(13)18)19-12-4-6-15-16(8-12)21-10(2)20-15/h3-9,19H,1-2H3,(H,20,21). The lowest BCUT2D eigenvalue weighted by molar-refractivity contribution is 0.879. The van der Waals surface area contributed by atoms with Crippen molar-refractivity contribution in [3.8, 4) is 0 Å². The zero-order valence-corrected chi connectivity index (χ0v) is 14.9. The quantitative estimate of drug-likeness (QED) is 0.594. The lowest BCUT2D eigenvalue weighted by atomic mass is 10.1. The van der Waals surface area contributed by atoms with Gasteiger partial charge in [0.1, 0.15) is 5.82 Å². The molecule has 1 heterocycles. The summed E-state index contributed by atoms with van der Waals surface area (Å²) in [7, 11) is 0. The van der Waals surface area contributed by atoms with E-state index >= 15 is 0 Å². The molecule has 0 saturated heterocycles. The maximum Gasteiger partial charge on any atom is 0.104 e. The van der Waals surface area contributed by atoms with Crippen LogP contribution in [0.1, 0.15) is 24.4 Å². The molecule has 0 radical (unpaired) electrons. The fourth-order valence-corrected chi connectivity index (χ4v) is 3.80. The number of benzene rings is 2. The van der Waals surface area contributed by atoms with Crippen LogP contribution in [0, 0.1) is 6.92 Å². The minimum Gasteiger partial charge on any atom is -0.378 e. The summed E-state index contributed by atoms with van der Waals surface area (Å²) in [5, 5.41) is 3.53. The molecular weight excluding hydrogens is 394 g/mol. The van der Waals surface area contributed by atoms with Crippen LogP contribution in [0.3, 0.4) is 0 Å². The van der Waals surface area contributed by atoms with Crippen molar-refractivity contribution in [2.45, 2.75) is 19.9 Å². The molecule has 0 aliphatic rings. The molecule has 2 N–H and O–H groups in total. The fourth-order valence-electron chi connectivity index (χ4n) is 2.41. The molecule has 0 aliphatic heterocycles. The molecule has 3 rings (SSSR count). The second kappa shape index (κ2) is 5.81. The van der Waals surface area contributed by atoms with E-state index in [4.69, 9.17) is 0 Å². The van der Waals surface area contributed by atoms with E-state index in [0.29, 0.717) is 0 Å². The molecule has 0 saturated carbocycles. The van der Waals surface area contributed by atoms with Crippen molar-refractivity contribution >= 4 is 48.6 Å². The highest BCUT2D eigenvalue weighted by atomic mass is 79.9. The smallest absolute Gasteiger partial charge is 0.104 e. The van der Waals surface area contributed by atoms with Crippen molar-refractivity contribution < 1.29 is 0 Å². The first kappa shape index (κ1) is 14.6. The third-order valence-electron chi connectivity index (χ3n) is 3.41. The van der Waals surface area contributed by atoms with Crippen LogP contribution in [0.25, 0.3) is 11.0 Å². The van der Waals surface area contributed by atoms with Gasteiger partial charge < -0.3 is 10.3 Å². The van der Waals surface area contributed by atoms with Crippen LogP contribution in [0.5, 0.6) is 0 Å². The molecule has 108 valence electrons. The maximum absolute atomic E-state index is 4.42. The van der Waals surface area contributed by atoms with Crippen molar-refractivity contribution in [2.24, 2.45) is 0 Å².